The molecule has 0 atom stereocenters. The molecule has 0 aliphatic rings. The number of carbonyl (C=O) groups excluding carboxylic acids is 1. The van der Waals surface area contributed by atoms with Crippen molar-refractivity contribution < 1.29 is 9.21 Å². The van der Waals surface area contributed by atoms with E-state index in [1.54, 1.807) is 6.20 Å². The number of aldehydes is 1. The molecule has 0 fully saturated rings. The largest absolute Gasteiger partial charge is 0.438 e. The van der Waals surface area contributed by atoms with Crippen LogP contribution in [0.3, 0.4) is 0 Å². The van der Waals surface area contributed by atoms with E-state index in [9.17, 15) is 4.79 Å². The van der Waals surface area contributed by atoms with Crippen LogP contribution in [0.4, 0.5) is 0 Å². The van der Waals surface area contributed by atoms with Gasteiger partial charge < -0.3 is 4.42 Å². The van der Waals surface area contributed by atoms with Crippen molar-refractivity contribution in [3.05, 3.63) is 47.9 Å². The Kier molecular flexibility index (Phi) is 2.88. The Morgan fingerprint density at radius 2 is 2.27 bits per heavy atom. The molecule has 0 radical (unpaired) electrons. The molecule has 0 unspecified atom stereocenters. The van der Waals surface area contributed by atoms with Gasteiger partial charge in [-0.3, -0.25) is 9.78 Å². The van der Waals surface area contributed by atoms with Gasteiger partial charge in [0.2, 0.25) is 0 Å². The van der Waals surface area contributed by atoms with Gasteiger partial charge in [0.25, 0.3) is 0 Å². The summed E-state index contributed by atoms with van der Waals surface area (Å²) in [6.07, 6.45) is 7.13. The number of pyridine rings is 1. The number of hydrogen-bond donors (Lipinski definition) is 0. The molecule has 4 heteroatoms. The van der Waals surface area contributed by atoms with E-state index >= 15 is 0 Å². The van der Waals surface area contributed by atoms with Gasteiger partial charge in [0.15, 0.2) is 17.9 Å². The first-order valence-corrected chi connectivity index (χ1v) is 4.67. The maximum absolute atomic E-state index is 10.4. The zero-order chi connectivity index (χ0) is 10.5. The molecule has 0 amide bonds. The van der Waals surface area contributed by atoms with Crippen LogP contribution in [0.25, 0.3) is 0 Å². The Balaban J connectivity index is 1.96. The van der Waals surface area contributed by atoms with Crippen molar-refractivity contribution in [2.24, 2.45) is 0 Å². The predicted molar refractivity (Wildman–Crippen MR) is 53.5 cm³/mol. The van der Waals surface area contributed by atoms with E-state index < -0.39 is 0 Å². The van der Waals surface area contributed by atoms with E-state index in [0.29, 0.717) is 18.6 Å². The molecule has 0 saturated carbocycles. The third kappa shape index (κ3) is 2.49. The average molecular weight is 202 g/mol. The number of nitrogens with zero attached hydrogens (tertiary/aromatic N) is 2. The van der Waals surface area contributed by atoms with Gasteiger partial charge in [0, 0.05) is 18.8 Å². The van der Waals surface area contributed by atoms with E-state index in [2.05, 4.69) is 9.97 Å². The second-order valence-corrected chi connectivity index (χ2v) is 3.14. The van der Waals surface area contributed by atoms with Gasteiger partial charge in [0.05, 0.1) is 6.20 Å². The summed E-state index contributed by atoms with van der Waals surface area (Å²) in [5.74, 6) is 0.858. The Hall–Kier alpha value is -1.97. The predicted octanol–water partition coefficient (Wildman–Crippen LogP) is 1.67. The number of oxazole rings is 1. The van der Waals surface area contributed by atoms with Crippen LogP contribution in [0.5, 0.6) is 0 Å². The molecule has 0 saturated heterocycles. The number of hydrogen-bond acceptors (Lipinski definition) is 4. The molecule has 0 aliphatic carbocycles. The van der Waals surface area contributed by atoms with Crippen LogP contribution in [-0.2, 0) is 12.8 Å². The maximum Gasteiger partial charge on any atom is 0.195 e. The van der Waals surface area contributed by atoms with Crippen LogP contribution >= 0.6 is 0 Å². The van der Waals surface area contributed by atoms with Crippen molar-refractivity contribution in [1.29, 1.82) is 0 Å². The lowest BCUT2D eigenvalue weighted by Gasteiger charge is -1.96. The minimum absolute atomic E-state index is 0.274. The lowest BCUT2D eigenvalue weighted by Crippen LogP contribution is -1.91. The third-order valence-corrected chi connectivity index (χ3v) is 2.04. The topological polar surface area (TPSA) is 56.0 Å². The lowest BCUT2D eigenvalue weighted by molar-refractivity contribution is 0.109. The Bertz CT molecular complexity index is 437. The molecule has 0 spiro atoms. The highest BCUT2D eigenvalue weighted by Gasteiger charge is 2.02. The van der Waals surface area contributed by atoms with Gasteiger partial charge in [-0.2, -0.15) is 0 Å². The van der Waals surface area contributed by atoms with Crippen molar-refractivity contribution in [2.45, 2.75) is 12.8 Å². The first-order chi connectivity index (χ1) is 7.38. The summed E-state index contributed by atoms with van der Waals surface area (Å²) in [6.45, 7) is 0. The smallest absolute Gasteiger partial charge is 0.195 e. The van der Waals surface area contributed by atoms with Crippen LogP contribution < -0.4 is 0 Å². The summed E-state index contributed by atoms with van der Waals surface area (Å²) in [5.41, 5.74) is 1.13. The molecule has 2 heterocycles. The summed E-state index contributed by atoms with van der Waals surface area (Å²) >= 11 is 0. The van der Waals surface area contributed by atoms with Gasteiger partial charge in [-0.05, 0) is 18.1 Å². The van der Waals surface area contributed by atoms with Crippen molar-refractivity contribution in [3.63, 3.8) is 0 Å². The van der Waals surface area contributed by atoms with Crippen LogP contribution in [0.1, 0.15) is 22.0 Å². The first kappa shape index (κ1) is 9.58. The highest BCUT2D eigenvalue weighted by Crippen LogP contribution is 2.06. The van der Waals surface area contributed by atoms with Crippen molar-refractivity contribution >= 4 is 6.29 Å². The fraction of sp³-hybridized carbons (Fsp3) is 0.182. The average Bonchev–Trinajstić information content (AvgIpc) is 2.76. The number of carbonyl (C=O) groups is 1. The van der Waals surface area contributed by atoms with Crippen LogP contribution in [0, 0.1) is 0 Å². The molecule has 2 rings (SSSR count). The fourth-order valence-corrected chi connectivity index (χ4v) is 1.29. The highest BCUT2D eigenvalue weighted by molar-refractivity contribution is 5.69. The Morgan fingerprint density at radius 3 is 2.93 bits per heavy atom. The molecular formula is C11H10N2O2. The van der Waals surface area contributed by atoms with Gasteiger partial charge in [-0.15, -0.1) is 0 Å². The first-order valence-electron chi connectivity index (χ1n) is 4.67. The normalized spacial score (nSPS) is 10.1. The zero-order valence-electron chi connectivity index (χ0n) is 8.09. The summed E-state index contributed by atoms with van der Waals surface area (Å²) in [6, 6.07) is 3.89. The minimum Gasteiger partial charge on any atom is -0.438 e. The minimum atomic E-state index is 0.274. The molecule has 0 N–H and O–H groups in total. The van der Waals surface area contributed by atoms with Crippen molar-refractivity contribution in [1.82, 2.24) is 9.97 Å². The Morgan fingerprint density at radius 1 is 1.33 bits per heavy atom. The van der Waals surface area contributed by atoms with Crippen LogP contribution in [0.15, 0.2) is 35.1 Å². The molecule has 4 nitrogen and oxygen atoms in total. The van der Waals surface area contributed by atoms with Gasteiger partial charge in [-0.25, -0.2) is 4.98 Å². The fourth-order valence-electron chi connectivity index (χ4n) is 1.29. The molecular weight excluding hydrogens is 192 g/mol. The summed E-state index contributed by atoms with van der Waals surface area (Å²) in [4.78, 5) is 18.3. The standard InChI is InChI=1S/C11H10N2O2/c14-8-10-7-13-11(15-10)4-3-9-2-1-5-12-6-9/h1-2,5-8H,3-4H2. The molecule has 15 heavy (non-hydrogen) atoms. The number of rotatable bonds is 4. The summed E-state index contributed by atoms with van der Waals surface area (Å²) < 4.78 is 5.15. The van der Waals surface area contributed by atoms with Crippen molar-refractivity contribution in [2.75, 3.05) is 0 Å². The maximum atomic E-state index is 10.4. The molecule has 2 aromatic heterocycles. The van der Waals surface area contributed by atoms with E-state index in [1.165, 1.54) is 6.20 Å². The second-order valence-electron chi connectivity index (χ2n) is 3.14. The van der Waals surface area contributed by atoms with E-state index in [4.69, 9.17) is 4.42 Å². The molecule has 0 aliphatic heterocycles. The summed E-state index contributed by atoms with van der Waals surface area (Å²) in [7, 11) is 0. The van der Waals surface area contributed by atoms with Crippen molar-refractivity contribution in [3.8, 4) is 0 Å². The number of aromatic nitrogens is 2. The summed E-state index contributed by atoms with van der Waals surface area (Å²) in [5, 5.41) is 0. The number of aryl methyl sites for hydroxylation is 2. The second kappa shape index (κ2) is 4.50. The van der Waals surface area contributed by atoms with Crippen LogP contribution in [-0.4, -0.2) is 16.3 Å². The van der Waals surface area contributed by atoms with Gasteiger partial charge >= 0.3 is 0 Å². The molecule has 0 bridgehead atoms. The quantitative estimate of drug-likeness (QED) is 0.707. The molecule has 2 aromatic rings. The van der Waals surface area contributed by atoms with Gasteiger partial charge in [0.1, 0.15) is 0 Å². The zero-order valence-corrected chi connectivity index (χ0v) is 8.09. The monoisotopic (exact) mass is 202 g/mol. The molecule has 0 aromatic carbocycles. The van der Waals surface area contributed by atoms with E-state index in [-0.39, 0.29) is 5.76 Å². The van der Waals surface area contributed by atoms with Crippen LogP contribution in [0.2, 0.25) is 0 Å². The Labute approximate surface area is 87.0 Å². The lowest BCUT2D eigenvalue weighted by atomic mass is 10.2. The van der Waals surface area contributed by atoms with E-state index in [1.807, 2.05) is 18.3 Å². The third-order valence-electron chi connectivity index (χ3n) is 2.04. The van der Waals surface area contributed by atoms with Gasteiger partial charge in [-0.1, -0.05) is 6.07 Å². The SMILES string of the molecule is O=Cc1cnc(CCc2cccnc2)o1. The highest BCUT2D eigenvalue weighted by atomic mass is 16.4. The molecule has 76 valence electrons. The van der Waals surface area contributed by atoms with E-state index in [0.717, 1.165) is 12.0 Å².